The minimum absolute atomic E-state index is 0.463. The van der Waals surface area contributed by atoms with E-state index in [1.807, 2.05) is 0 Å². The van der Waals surface area contributed by atoms with Crippen LogP contribution in [0.25, 0.3) is 5.57 Å². The third kappa shape index (κ3) is 3.50. The fraction of sp³-hybridized carbons (Fsp3) is 0.185. The molecule has 0 N–H and O–H groups in total. The van der Waals surface area contributed by atoms with Gasteiger partial charge in [0.1, 0.15) is 0 Å². The number of hydrogen-bond donors (Lipinski definition) is 0. The van der Waals surface area contributed by atoms with Crippen LogP contribution in [0, 0.1) is 12.8 Å². The van der Waals surface area contributed by atoms with E-state index in [-0.39, 0.29) is 0 Å². The molecule has 1 aliphatic carbocycles. The number of aryl methyl sites for hydroxylation is 1. The number of rotatable bonds is 4. The number of benzene rings is 3. The minimum Gasteiger partial charge on any atom is -0.0740 e. The summed E-state index contributed by atoms with van der Waals surface area (Å²) in [5.74, 6) is 0.463. The van der Waals surface area contributed by atoms with E-state index < -0.39 is 7.92 Å². The molecule has 0 saturated carbocycles. The molecule has 1 unspecified atom stereocenters. The molecular weight excluding hydrogens is 355 g/mol. The topological polar surface area (TPSA) is 0 Å². The zero-order valence-corrected chi connectivity index (χ0v) is 18.0. The summed E-state index contributed by atoms with van der Waals surface area (Å²) in [7, 11) is -0.609. The molecule has 0 amide bonds. The van der Waals surface area contributed by atoms with Crippen LogP contribution in [0.1, 0.15) is 31.9 Å². The molecular formula is C27H27P. The van der Waals surface area contributed by atoms with Crippen LogP contribution in [-0.2, 0) is 0 Å². The number of hydrogen-bond acceptors (Lipinski definition) is 0. The lowest BCUT2D eigenvalue weighted by molar-refractivity contribution is 0.976. The maximum Gasteiger partial charge on any atom is 0.000427 e. The van der Waals surface area contributed by atoms with Crippen LogP contribution in [0.2, 0.25) is 0 Å². The van der Waals surface area contributed by atoms with Crippen molar-refractivity contribution in [3.8, 4) is 0 Å². The Morgan fingerprint density at radius 1 is 0.714 bits per heavy atom. The van der Waals surface area contributed by atoms with Crippen LogP contribution in [0.5, 0.6) is 0 Å². The second-order valence-electron chi connectivity index (χ2n) is 7.70. The Kier molecular flexibility index (Phi) is 5.33. The minimum atomic E-state index is -0.609. The van der Waals surface area contributed by atoms with Crippen molar-refractivity contribution >= 4 is 29.4 Å². The lowest BCUT2D eigenvalue weighted by atomic mass is 9.94. The van der Waals surface area contributed by atoms with E-state index in [2.05, 4.69) is 113 Å². The van der Waals surface area contributed by atoms with Gasteiger partial charge in [-0.2, -0.15) is 0 Å². The van der Waals surface area contributed by atoms with Crippen molar-refractivity contribution in [1.29, 1.82) is 0 Å². The van der Waals surface area contributed by atoms with Gasteiger partial charge in [-0.25, -0.2) is 0 Å². The molecule has 1 atom stereocenters. The van der Waals surface area contributed by atoms with Crippen LogP contribution < -0.4 is 15.9 Å². The smallest absolute Gasteiger partial charge is 0.000427 e. The van der Waals surface area contributed by atoms with Crippen LogP contribution in [0.15, 0.2) is 96.1 Å². The van der Waals surface area contributed by atoms with Gasteiger partial charge in [-0.05, 0) is 61.3 Å². The van der Waals surface area contributed by atoms with Crippen LogP contribution in [-0.4, -0.2) is 0 Å². The van der Waals surface area contributed by atoms with Gasteiger partial charge < -0.3 is 0 Å². The van der Waals surface area contributed by atoms with Crippen molar-refractivity contribution in [1.82, 2.24) is 0 Å². The second-order valence-corrected chi connectivity index (χ2v) is 9.89. The molecule has 1 heteroatoms. The van der Waals surface area contributed by atoms with Gasteiger partial charge in [0.15, 0.2) is 0 Å². The van der Waals surface area contributed by atoms with Gasteiger partial charge in [0.2, 0.25) is 0 Å². The zero-order chi connectivity index (χ0) is 19.7. The van der Waals surface area contributed by atoms with Gasteiger partial charge in [0.25, 0.3) is 0 Å². The molecule has 0 spiro atoms. The summed E-state index contributed by atoms with van der Waals surface area (Å²) < 4.78 is 0. The fourth-order valence-electron chi connectivity index (χ4n) is 4.22. The highest BCUT2D eigenvalue weighted by Gasteiger charge is 2.26. The summed E-state index contributed by atoms with van der Waals surface area (Å²) in [5.41, 5.74) is 7.09. The van der Waals surface area contributed by atoms with Crippen molar-refractivity contribution in [3.63, 3.8) is 0 Å². The zero-order valence-electron chi connectivity index (χ0n) is 17.1. The first-order valence-electron chi connectivity index (χ1n) is 9.97. The third-order valence-corrected chi connectivity index (χ3v) is 8.14. The Morgan fingerprint density at radius 2 is 1.29 bits per heavy atom. The molecule has 28 heavy (non-hydrogen) atoms. The molecule has 0 aromatic heterocycles. The average Bonchev–Trinajstić information content (AvgIpc) is 2.96. The molecule has 140 valence electrons. The summed E-state index contributed by atoms with van der Waals surface area (Å²) in [6.45, 7) is 9.05. The molecule has 0 fully saturated rings. The first kappa shape index (κ1) is 18.9. The average molecular weight is 382 g/mol. The summed E-state index contributed by atoms with van der Waals surface area (Å²) >= 11 is 0. The quantitative estimate of drug-likeness (QED) is 0.477. The van der Waals surface area contributed by atoms with Crippen molar-refractivity contribution in [2.45, 2.75) is 27.7 Å². The molecule has 0 bridgehead atoms. The van der Waals surface area contributed by atoms with Crippen molar-refractivity contribution < 1.29 is 0 Å². The molecule has 4 rings (SSSR count). The van der Waals surface area contributed by atoms with Gasteiger partial charge in [-0.15, -0.1) is 0 Å². The first-order chi connectivity index (χ1) is 13.6. The monoisotopic (exact) mass is 382 g/mol. The van der Waals surface area contributed by atoms with E-state index in [9.17, 15) is 0 Å². The molecule has 1 aliphatic rings. The first-order valence-corrected chi connectivity index (χ1v) is 11.3. The summed E-state index contributed by atoms with van der Waals surface area (Å²) in [6, 6.07) is 29.1. The maximum absolute atomic E-state index is 2.42. The number of allylic oxidation sites excluding steroid dienone is 4. The Hall–Kier alpha value is -2.43. The van der Waals surface area contributed by atoms with Gasteiger partial charge in [0.05, 0.1) is 0 Å². The SMILES string of the molecule is CC1=CC(C)C(c2ccc(C)cc2P(c2ccccc2)c2ccccc2)=C1C. The highest BCUT2D eigenvalue weighted by Crippen LogP contribution is 2.42. The van der Waals surface area contributed by atoms with E-state index >= 15 is 0 Å². The molecule has 0 nitrogen and oxygen atoms in total. The van der Waals surface area contributed by atoms with Crippen molar-refractivity contribution in [2.24, 2.45) is 5.92 Å². The molecule has 3 aromatic carbocycles. The highest BCUT2D eigenvalue weighted by molar-refractivity contribution is 7.80. The highest BCUT2D eigenvalue weighted by atomic mass is 31.1. The van der Waals surface area contributed by atoms with Crippen LogP contribution in [0.3, 0.4) is 0 Å². The molecule has 0 saturated heterocycles. The summed E-state index contributed by atoms with van der Waals surface area (Å²) in [4.78, 5) is 0. The standard InChI is InChI=1S/C27H27P/c1-19-15-16-25(27-21(3)18-20(2)22(27)4)26(17-19)28(23-11-7-5-8-12-23)24-13-9-6-10-14-24/h5-18,21H,1-4H3. The molecule has 0 radical (unpaired) electrons. The summed E-state index contributed by atoms with van der Waals surface area (Å²) in [5, 5.41) is 4.28. The largest absolute Gasteiger partial charge is 0.0740 e. The fourth-order valence-corrected chi connectivity index (χ4v) is 6.78. The van der Waals surface area contributed by atoms with E-state index in [4.69, 9.17) is 0 Å². The maximum atomic E-state index is 2.42. The van der Waals surface area contributed by atoms with E-state index in [1.54, 1.807) is 0 Å². The van der Waals surface area contributed by atoms with Gasteiger partial charge in [0, 0.05) is 5.92 Å². The van der Waals surface area contributed by atoms with E-state index in [1.165, 1.54) is 43.8 Å². The van der Waals surface area contributed by atoms with Crippen molar-refractivity contribution in [3.05, 3.63) is 107 Å². The Bertz CT molecular complexity index is 1000. The third-order valence-electron chi connectivity index (χ3n) is 5.66. The van der Waals surface area contributed by atoms with Crippen molar-refractivity contribution in [2.75, 3.05) is 0 Å². The van der Waals surface area contributed by atoms with Crippen LogP contribution in [0.4, 0.5) is 0 Å². The molecule has 0 aliphatic heterocycles. The summed E-state index contributed by atoms with van der Waals surface area (Å²) in [6.07, 6.45) is 2.40. The lowest BCUT2D eigenvalue weighted by Crippen LogP contribution is -2.24. The Balaban J connectivity index is 1.97. The predicted octanol–water partition coefficient (Wildman–Crippen LogP) is 6.12. The normalized spacial score (nSPS) is 16.6. The molecule has 3 aromatic rings. The Labute approximate surface area is 170 Å². The lowest BCUT2D eigenvalue weighted by Gasteiger charge is -2.25. The van der Waals surface area contributed by atoms with Gasteiger partial charge in [-0.3, -0.25) is 0 Å². The van der Waals surface area contributed by atoms with E-state index in [0.29, 0.717) is 5.92 Å². The van der Waals surface area contributed by atoms with Crippen LogP contribution >= 0.6 is 7.92 Å². The van der Waals surface area contributed by atoms with Gasteiger partial charge in [-0.1, -0.05) is 103 Å². The second kappa shape index (κ2) is 7.90. The molecule has 0 heterocycles. The van der Waals surface area contributed by atoms with E-state index in [0.717, 1.165) is 0 Å². The van der Waals surface area contributed by atoms with Gasteiger partial charge >= 0.3 is 0 Å². The predicted molar refractivity (Wildman–Crippen MR) is 125 cm³/mol. The Morgan fingerprint density at radius 3 is 1.79 bits per heavy atom.